The molecule has 2 heteroatoms. The summed E-state index contributed by atoms with van der Waals surface area (Å²) in [6.45, 7) is 14.9. The average molecular weight is 226 g/mol. The molecule has 0 aromatic heterocycles. The third-order valence-electron chi connectivity index (χ3n) is 4.39. The largest absolute Gasteiger partial charge is 0.329 e. The van der Waals surface area contributed by atoms with Crippen molar-refractivity contribution in [1.82, 2.24) is 4.90 Å². The summed E-state index contributed by atoms with van der Waals surface area (Å²) in [5, 5.41) is 0. The van der Waals surface area contributed by atoms with Crippen LogP contribution >= 0.6 is 0 Å². The van der Waals surface area contributed by atoms with Gasteiger partial charge in [-0.2, -0.15) is 0 Å². The highest BCUT2D eigenvalue weighted by molar-refractivity contribution is 4.91. The van der Waals surface area contributed by atoms with Crippen LogP contribution in [-0.4, -0.2) is 30.1 Å². The van der Waals surface area contributed by atoms with Crippen molar-refractivity contribution in [3.8, 4) is 0 Å². The zero-order valence-electron chi connectivity index (χ0n) is 11.8. The molecular formula is C14H30N2. The number of hydrogen-bond acceptors (Lipinski definition) is 2. The maximum absolute atomic E-state index is 6.02. The SMILES string of the molecule is CC(C)CC(C)(CN)N1CCC(C)C(C)C1. The fraction of sp³-hybridized carbons (Fsp3) is 1.00. The minimum Gasteiger partial charge on any atom is -0.329 e. The van der Waals surface area contributed by atoms with Crippen molar-refractivity contribution < 1.29 is 0 Å². The summed E-state index contributed by atoms with van der Waals surface area (Å²) in [7, 11) is 0. The second-order valence-corrected chi connectivity index (χ2v) is 6.49. The fourth-order valence-corrected chi connectivity index (χ4v) is 2.97. The number of likely N-dealkylation sites (tertiary alicyclic amines) is 1. The number of nitrogens with two attached hydrogens (primary N) is 1. The molecule has 0 amide bonds. The molecule has 0 aromatic carbocycles. The third kappa shape index (κ3) is 3.21. The Morgan fingerprint density at radius 2 is 1.94 bits per heavy atom. The molecule has 3 unspecified atom stereocenters. The Hall–Kier alpha value is -0.0800. The van der Waals surface area contributed by atoms with Gasteiger partial charge in [0.2, 0.25) is 0 Å². The van der Waals surface area contributed by atoms with E-state index >= 15 is 0 Å². The van der Waals surface area contributed by atoms with Crippen LogP contribution in [0.5, 0.6) is 0 Å². The molecule has 1 saturated heterocycles. The lowest BCUT2D eigenvalue weighted by atomic mass is 9.82. The van der Waals surface area contributed by atoms with Crippen molar-refractivity contribution in [3.05, 3.63) is 0 Å². The number of piperidine rings is 1. The summed E-state index contributed by atoms with van der Waals surface area (Å²) in [6.07, 6.45) is 2.54. The van der Waals surface area contributed by atoms with Crippen LogP contribution in [0, 0.1) is 17.8 Å². The second-order valence-electron chi connectivity index (χ2n) is 6.49. The topological polar surface area (TPSA) is 29.3 Å². The van der Waals surface area contributed by atoms with E-state index < -0.39 is 0 Å². The standard InChI is InChI=1S/C14H30N2/c1-11(2)8-14(5,10-15)16-7-6-12(3)13(4)9-16/h11-13H,6-10,15H2,1-5H3. The van der Waals surface area contributed by atoms with Crippen molar-refractivity contribution in [3.63, 3.8) is 0 Å². The van der Waals surface area contributed by atoms with Crippen LogP contribution in [0.2, 0.25) is 0 Å². The first-order valence-electron chi connectivity index (χ1n) is 6.84. The lowest BCUT2D eigenvalue weighted by Gasteiger charge is -2.47. The molecule has 0 aliphatic carbocycles. The highest BCUT2D eigenvalue weighted by Gasteiger charge is 2.35. The molecule has 1 aliphatic heterocycles. The highest BCUT2D eigenvalue weighted by Crippen LogP contribution is 2.30. The maximum atomic E-state index is 6.02. The first kappa shape index (κ1) is 14.0. The Morgan fingerprint density at radius 3 is 2.38 bits per heavy atom. The quantitative estimate of drug-likeness (QED) is 0.798. The Morgan fingerprint density at radius 1 is 1.31 bits per heavy atom. The first-order chi connectivity index (χ1) is 7.39. The van der Waals surface area contributed by atoms with E-state index in [4.69, 9.17) is 5.73 Å². The molecule has 1 fully saturated rings. The normalized spacial score (nSPS) is 31.7. The van der Waals surface area contributed by atoms with Crippen LogP contribution in [0.15, 0.2) is 0 Å². The van der Waals surface area contributed by atoms with Gasteiger partial charge in [0.25, 0.3) is 0 Å². The van der Waals surface area contributed by atoms with Crippen LogP contribution < -0.4 is 5.73 Å². The Kier molecular flexibility index (Phi) is 4.81. The lowest BCUT2D eigenvalue weighted by molar-refractivity contribution is 0.0290. The molecule has 0 aromatic rings. The van der Waals surface area contributed by atoms with Crippen LogP contribution in [-0.2, 0) is 0 Å². The predicted molar refractivity (Wildman–Crippen MR) is 71.4 cm³/mol. The van der Waals surface area contributed by atoms with Gasteiger partial charge < -0.3 is 5.73 Å². The third-order valence-corrected chi connectivity index (χ3v) is 4.39. The molecule has 0 saturated carbocycles. The Balaban J connectivity index is 2.66. The molecule has 0 radical (unpaired) electrons. The van der Waals surface area contributed by atoms with Gasteiger partial charge in [-0.1, -0.05) is 27.7 Å². The molecule has 96 valence electrons. The molecule has 1 rings (SSSR count). The summed E-state index contributed by atoms with van der Waals surface area (Å²) >= 11 is 0. The van der Waals surface area contributed by atoms with Gasteiger partial charge in [0, 0.05) is 18.6 Å². The van der Waals surface area contributed by atoms with Gasteiger partial charge in [-0.15, -0.1) is 0 Å². The average Bonchev–Trinajstić information content (AvgIpc) is 2.21. The second kappa shape index (κ2) is 5.50. The van der Waals surface area contributed by atoms with Gasteiger partial charge in [0.05, 0.1) is 0 Å². The molecule has 3 atom stereocenters. The van der Waals surface area contributed by atoms with Crippen LogP contribution in [0.1, 0.15) is 47.5 Å². The van der Waals surface area contributed by atoms with Crippen molar-refractivity contribution in [2.45, 2.75) is 53.0 Å². The van der Waals surface area contributed by atoms with E-state index in [0.29, 0.717) is 0 Å². The van der Waals surface area contributed by atoms with Gasteiger partial charge >= 0.3 is 0 Å². The minimum atomic E-state index is 0.211. The Labute approximate surface area is 102 Å². The van der Waals surface area contributed by atoms with Crippen molar-refractivity contribution in [1.29, 1.82) is 0 Å². The zero-order valence-corrected chi connectivity index (χ0v) is 11.8. The van der Waals surface area contributed by atoms with E-state index in [9.17, 15) is 0 Å². The summed E-state index contributed by atoms with van der Waals surface area (Å²) in [5.41, 5.74) is 6.24. The van der Waals surface area contributed by atoms with Crippen molar-refractivity contribution >= 4 is 0 Å². The van der Waals surface area contributed by atoms with Gasteiger partial charge in [0.1, 0.15) is 0 Å². The van der Waals surface area contributed by atoms with Crippen LogP contribution in [0.3, 0.4) is 0 Å². The predicted octanol–water partition coefficient (Wildman–Crippen LogP) is 2.73. The smallest absolute Gasteiger partial charge is 0.0306 e. The molecule has 0 bridgehead atoms. The van der Waals surface area contributed by atoms with Crippen LogP contribution in [0.25, 0.3) is 0 Å². The summed E-state index contributed by atoms with van der Waals surface area (Å²) in [4.78, 5) is 2.64. The molecule has 16 heavy (non-hydrogen) atoms. The van der Waals surface area contributed by atoms with E-state index in [-0.39, 0.29) is 5.54 Å². The van der Waals surface area contributed by atoms with Gasteiger partial charge in [-0.25, -0.2) is 0 Å². The Bertz CT molecular complexity index is 215. The van der Waals surface area contributed by atoms with Gasteiger partial charge in [-0.3, -0.25) is 4.90 Å². The molecule has 0 spiro atoms. The highest BCUT2D eigenvalue weighted by atomic mass is 15.2. The number of nitrogens with zero attached hydrogens (tertiary/aromatic N) is 1. The molecule has 2 nitrogen and oxygen atoms in total. The summed E-state index contributed by atoms with van der Waals surface area (Å²) in [6, 6.07) is 0. The molecule has 1 aliphatic rings. The van der Waals surface area contributed by atoms with Gasteiger partial charge in [-0.05, 0) is 44.1 Å². The van der Waals surface area contributed by atoms with Gasteiger partial charge in [0.15, 0.2) is 0 Å². The molecular weight excluding hydrogens is 196 g/mol. The molecule has 2 N–H and O–H groups in total. The van der Waals surface area contributed by atoms with Crippen molar-refractivity contribution in [2.24, 2.45) is 23.5 Å². The monoisotopic (exact) mass is 226 g/mol. The summed E-state index contributed by atoms with van der Waals surface area (Å²) in [5.74, 6) is 2.41. The van der Waals surface area contributed by atoms with E-state index in [0.717, 1.165) is 24.3 Å². The lowest BCUT2D eigenvalue weighted by Crippen LogP contribution is -2.56. The zero-order chi connectivity index (χ0) is 12.3. The van der Waals surface area contributed by atoms with E-state index in [2.05, 4.69) is 39.5 Å². The maximum Gasteiger partial charge on any atom is 0.0306 e. The van der Waals surface area contributed by atoms with Crippen LogP contribution in [0.4, 0.5) is 0 Å². The number of rotatable bonds is 4. The molecule has 1 heterocycles. The first-order valence-corrected chi connectivity index (χ1v) is 6.84. The van der Waals surface area contributed by atoms with Crippen molar-refractivity contribution in [2.75, 3.05) is 19.6 Å². The van der Waals surface area contributed by atoms with E-state index in [1.165, 1.54) is 25.9 Å². The van der Waals surface area contributed by atoms with E-state index in [1.807, 2.05) is 0 Å². The fourth-order valence-electron chi connectivity index (χ4n) is 2.97. The minimum absolute atomic E-state index is 0.211. The number of hydrogen-bond donors (Lipinski definition) is 1. The summed E-state index contributed by atoms with van der Waals surface area (Å²) < 4.78 is 0. The van der Waals surface area contributed by atoms with E-state index in [1.54, 1.807) is 0 Å².